The van der Waals surface area contributed by atoms with E-state index in [0.29, 0.717) is 6.54 Å². The van der Waals surface area contributed by atoms with Crippen LogP contribution in [0.3, 0.4) is 0 Å². The Bertz CT molecular complexity index is 474. The predicted octanol–water partition coefficient (Wildman–Crippen LogP) is 3.61. The van der Waals surface area contributed by atoms with E-state index in [1.165, 1.54) is 4.90 Å². The van der Waals surface area contributed by atoms with Crippen LogP contribution in [0.4, 0.5) is 14.5 Å². The smallest absolute Gasteiger partial charge is 0.254 e. The van der Waals surface area contributed by atoms with Crippen molar-refractivity contribution in [3.8, 4) is 0 Å². The van der Waals surface area contributed by atoms with E-state index in [0.717, 1.165) is 24.3 Å². The van der Waals surface area contributed by atoms with E-state index in [9.17, 15) is 13.6 Å². The van der Waals surface area contributed by atoms with Gasteiger partial charge in [0.2, 0.25) is 0 Å². The van der Waals surface area contributed by atoms with Crippen molar-refractivity contribution in [2.45, 2.75) is 26.3 Å². The molecule has 1 unspecified atom stereocenters. The Morgan fingerprint density at radius 3 is 2.43 bits per heavy atom. The summed E-state index contributed by atoms with van der Waals surface area (Å²) in [6.07, 6.45) is 2.84. The average molecular weight is 316 g/mol. The maximum Gasteiger partial charge on any atom is 0.254 e. The monoisotopic (exact) mass is 316 g/mol. The summed E-state index contributed by atoms with van der Waals surface area (Å²) in [5, 5.41) is 2.61. The second-order valence-electron chi connectivity index (χ2n) is 4.89. The van der Waals surface area contributed by atoms with Gasteiger partial charge >= 0.3 is 0 Å². The summed E-state index contributed by atoms with van der Waals surface area (Å²) in [6.45, 7) is 4.08. The van der Waals surface area contributed by atoms with Crippen LogP contribution in [0.1, 0.15) is 30.6 Å². The highest BCUT2D eigenvalue weighted by molar-refractivity contribution is 7.98. The molecule has 0 bridgehead atoms. The van der Waals surface area contributed by atoms with Gasteiger partial charge in [-0.25, -0.2) is 8.78 Å². The van der Waals surface area contributed by atoms with Gasteiger partial charge in [0, 0.05) is 25.2 Å². The Morgan fingerprint density at radius 1 is 1.38 bits per heavy atom. The Labute approximate surface area is 129 Å². The van der Waals surface area contributed by atoms with Gasteiger partial charge < -0.3 is 10.2 Å². The second kappa shape index (κ2) is 8.22. The summed E-state index contributed by atoms with van der Waals surface area (Å²) in [7, 11) is 1.65. The highest BCUT2D eigenvalue weighted by Gasteiger charge is 2.20. The van der Waals surface area contributed by atoms with Crippen LogP contribution in [-0.2, 0) is 0 Å². The molecule has 1 rings (SSSR count). The van der Waals surface area contributed by atoms with Gasteiger partial charge in [-0.15, -0.1) is 0 Å². The van der Waals surface area contributed by atoms with Crippen LogP contribution in [-0.4, -0.2) is 42.4 Å². The Kier molecular flexibility index (Phi) is 6.95. The number of nitrogens with zero attached hydrogens (tertiary/aromatic N) is 1. The van der Waals surface area contributed by atoms with Crippen LogP contribution < -0.4 is 5.32 Å². The van der Waals surface area contributed by atoms with Crippen LogP contribution in [0, 0.1) is 11.6 Å². The maximum atomic E-state index is 13.8. The molecule has 0 aliphatic rings. The summed E-state index contributed by atoms with van der Waals surface area (Å²) in [6, 6.07) is 2.19. The lowest BCUT2D eigenvalue weighted by molar-refractivity contribution is 0.0740. The van der Waals surface area contributed by atoms with Gasteiger partial charge in [-0.3, -0.25) is 4.79 Å². The van der Waals surface area contributed by atoms with Crippen LogP contribution in [0.25, 0.3) is 0 Å². The normalized spacial score (nSPS) is 12.1. The maximum absolute atomic E-state index is 13.8. The second-order valence-corrected chi connectivity index (χ2v) is 5.88. The van der Waals surface area contributed by atoms with E-state index in [1.807, 2.05) is 13.2 Å². The molecule has 0 heterocycles. The number of carbonyl (C=O) groups excluding carboxylic acids is 1. The van der Waals surface area contributed by atoms with Crippen LogP contribution in [0.5, 0.6) is 0 Å². The molecule has 0 aromatic heterocycles. The lowest BCUT2D eigenvalue weighted by Gasteiger charge is -2.25. The SMILES string of the molecule is CCNc1c(F)cc(C(=O)N(C)C(C)CCSC)cc1F. The molecule has 21 heavy (non-hydrogen) atoms. The van der Waals surface area contributed by atoms with Crippen LogP contribution >= 0.6 is 11.8 Å². The Hall–Kier alpha value is -1.30. The molecule has 1 aromatic carbocycles. The largest absolute Gasteiger partial charge is 0.381 e. The fourth-order valence-corrected chi connectivity index (χ4v) is 2.50. The van der Waals surface area contributed by atoms with Crippen molar-refractivity contribution in [1.29, 1.82) is 0 Å². The lowest BCUT2D eigenvalue weighted by atomic mass is 10.1. The molecule has 0 aliphatic heterocycles. The topological polar surface area (TPSA) is 32.3 Å². The molecule has 1 atom stereocenters. The molecule has 1 aromatic rings. The third-order valence-electron chi connectivity index (χ3n) is 3.36. The molecule has 0 aliphatic carbocycles. The van der Waals surface area contributed by atoms with Gasteiger partial charge in [-0.1, -0.05) is 0 Å². The predicted molar refractivity (Wildman–Crippen MR) is 85.1 cm³/mol. The number of benzene rings is 1. The van der Waals surface area contributed by atoms with Crippen molar-refractivity contribution in [1.82, 2.24) is 4.90 Å². The molecule has 0 saturated heterocycles. The highest BCUT2D eigenvalue weighted by Crippen LogP contribution is 2.22. The van der Waals surface area contributed by atoms with Crippen molar-refractivity contribution >= 4 is 23.4 Å². The van der Waals surface area contributed by atoms with E-state index in [-0.39, 0.29) is 23.2 Å². The summed E-state index contributed by atoms with van der Waals surface area (Å²) < 4.78 is 27.7. The molecule has 3 nitrogen and oxygen atoms in total. The molecule has 0 saturated carbocycles. The average Bonchev–Trinajstić information content (AvgIpc) is 2.46. The first-order chi connectivity index (χ1) is 9.92. The number of hydrogen-bond acceptors (Lipinski definition) is 3. The van der Waals surface area contributed by atoms with Gasteiger partial charge in [0.1, 0.15) is 17.3 Å². The molecule has 0 radical (unpaired) electrons. The van der Waals surface area contributed by atoms with Gasteiger partial charge in [0.05, 0.1) is 0 Å². The van der Waals surface area contributed by atoms with Crippen molar-refractivity contribution in [2.24, 2.45) is 0 Å². The first-order valence-electron chi connectivity index (χ1n) is 6.91. The number of amides is 1. The summed E-state index contributed by atoms with van der Waals surface area (Å²) in [4.78, 5) is 13.8. The third kappa shape index (κ3) is 4.59. The Morgan fingerprint density at radius 2 is 1.95 bits per heavy atom. The zero-order chi connectivity index (χ0) is 16.0. The quantitative estimate of drug-likeness (QED) is 0.834. The van der Waals surface area contributed by atoms with E-state index < -0.39 is 11.6 Å². The third-order valence-corrected chi connectivity index (χ3v) is 4.01. The van der Waals surface area contributed by atoms with Crippen molar-refractivity contribution in [2.75, 3.05) is 30.9 Å². The fraction of sp³-hybridized carbons (Fsp3) is 0.533. The minimum Gasteiger partial charge on any atom is -0.381 e. The minimum atomic E-state index is -0.745. The van der Waals surface area contributed by atoms with E-state index in [4.69, 9.17) is 0 Å². The lowest BCUT2D eigenvalue weighted by Crippen LogP contribution is -2.35. The van der Waals surface area contributed by atoms with Gasteiger partial charge in [0.15, 0.2) is 0 Å². The number of hydrogen-bond donors (Lipinski definition) is 1. The van der Waals surface area contributed by atoms with Gasteiger partial charge in [-0.05, 0) is 44.4 Å². The number of anilines is 1. The number of nitrogens with one attached hydrogen (secondary N) is 1. The van der Waals surface area contributed by atoms with Crippen molar-refractivity contribution in [3.05, 3.63) is 29.3 Å². The minimum absolute atomic E-state index is 0.0181. The molecular weight excluding hydrogens is 294 g/mol. The first kappa shape index (κ1) is 17.8. The molecule has 0 fully saturated rings. The van der Waals surface area contributed by atoms with Gasteiger partial charge in [0.25, 0.3) is 5.91 Å². The van der Waals surface area contributed by atoms with E-state index in [2.05, 4.69) is 5.32 Å². The molecule has 0 spiro atoms. The standard InChI is InChI=1S/C15H22F2N2OS/c1-5-18-14-12(16)8-11(9-13(14)17)15(20)19(3)10(2)6-7-21-4/h8-10,18H,5-7H2,1-4H3. The molecule has 1 amide bonds. The van der Waals surface area contributed by atoms with Crippen LogP contribution in [0.15, 0.2) is 12.1 Å². The number of rotatable bonds is 7. The number of carbonyl (C=O) groups is 1. The summed E-state index contributed by atoms with van der Waals surface area (Å²) in [5.74, 6) is -0.930. The van der Waals surface area contributed by atoms with Crippen LogP contribution in [0.2, 0.25) is 0 Å². The summed E-state index contributed by atoms with van der Waals surface area (Å²) >= 11 is 1.70. The molecular formula is C15H22F2N2OS. The number of thioether (sulfide) groups is 1. The van der Waals surface area contributed by atoms with Gasteiger partial charge in [-0.2, -0.15) is 11.8 Å². The van der Waals surface area contributed by atoms with Crippen molar-refractivity contribution < 1.29 is 13.6 Å². The van der Waals surface area contributed by atoms with E-state index >= 15 is 0 Å². The Balaban J connectivity index is 2.92. The first-order valence-corrected chi connectivity index (χ1v) is 8.30. The summed E-state index contributed by atoms with van der Waals surface area (Å²) in [5.41, 5.74) is -0.155. The molecule has 118 valence electrons. The van der Waals surface area contributed by atoms with Crippen molar-refractivity contribution in [3.63, 3.8) is 0 Å². The molecule has 1 N–H and O–H groups in total. The van der Waals surface area contributed by atoms with E-state index in [1.54, 1.807) is 25.7 Å². The molecule has 6 heteroatoms. The zero-order valence-electron chi connectivity index (χ0n) is 12.9. The zero-order valence-corrected chi connectivity index (χ0v) is 13.7. The highest BCUT2D eigenvalue weighted by atomic mass is 32.2. The fourth-order valence-electron chi connectivity index (χ4n) is 1.93. The number of halogens is 2.